The number of aryl methyl sites for hydroxylation is 1. The van der Waals surface area contributed by atoms with Gasteiger partial charge in [0, 0.05) is 0 Å². The molecule has 0 aromatic heterocycles. The fourth-order valence-electron chi connectivity index (χ4n) is 2.81. The fourth-order valence-corrected chi connectivity index (χ4v) is 2.81. The topological polar surface area (TPSA) is 49.3 Å². The van der Waals surface area contributed by atoms with E-state index in [0.717, 1.165) is 36.8 Å². The summed E-state index contributed by atoms with van der Waals surface area (Å²) in [4.78, 5) is 11.9. The van der Waals surface area contributed by atoms with Crippen molar-refractivity contribution in [3.05, 3.63) is 35.4 Å². The molecule has 0 spiro atoms. The Kier molecular flexibility index (Phi) is 2.97. The third kappa shape index (κ3) is 1.61. The lowest BCUT2D eigenvalue weighted by Crippen LogP contribution is -2.41. The summed E-state index contributed by atoms with van der Waals surface area (Å²) in [5.74, 6) is -0.265. The Labute approximate surface area is 95.4 Å². The molecule has 86 valence electrons. The lowest BCUT2D eigenvalue weighted by atomic mass is 9.76. The second kappa shape index (κ2) is 4.26. The largest absolute Gasteiger partial charge is 0.289 e. The molecule has 0 unspecified atom stereocenters. The summed E-state index contributed by atoms with van der Waals surface area (Å²) in [5.41, 5.74) is 3.49. The fraction of sp³-hybridized carbons (Fsp3) is 0.462. The predicted molar refractivity (Wildman–Crippen MR) is 61.3 cm³/mol. The molecule has 2 rings (SSSR count). The molecular formula is C13H17NO2. The first-order valence-electron chi connectivity index (χ1n) is 5.71. The Hall–Kier alpha value is -1.35. The third-order valence-electron chi connectivity index (χ3n) is 3.65. The number of hydroxylamine groups is 1. The van der Waals surface area contributed by atoms with Crippen LogP contribution in [-0.4, -0.2) is 11.1 Å². The number of hydrogen-bond acceptors (Lipinski definition) is 2. The zero-order valence-corrected chi connectivity index (χ0v) is 9.49. The van der Waals surface area contributed by atoms with Crippen LogP contribution in [0.5, 0.6) is 0 Å². The maximum absolute atomic E-state index is 11.9. The molecule has 1 aromatic carbocycles. The first-order chi connectivity index (χ1) is 7.70. The highest BCUT2D eigenvalue weighted by Crippen LogP contribution is 2.42. The lowest BCUT2D eigenvalue weighted by molar-refractivity contribution is -0.135. The minimum atomic E-state index is -0.514. The van der Waals surface area contributed by atoms with Gasteiger partial charge in [0.05, 0.1) is 5.41 Å². The molecule has 1 aromatic rings. The molecule has 1 aliphatic rings. The number of benzene rings is 1. The van der Waals surface area contributed by atoms with Crippen molar-refractivity contribution in [1.82, 2.24) is 5.48 Å². The molecule has 0 bridgehead atoms. The Bertz CT molecular complexity index is 395. The molecule has 1 aliphatic carbocycles. The SMILES string of the molecule is Cc1ccccc1C1(C(=O)NO)CCCC1. The first-order valence-corrected chi connectivity index (χ1v) is 5.71. The summed E-state index contributed by atoms with van der Waals surface area (Å²) >= 11 is 0. The Morgan fingerprint density at radius 1 is 1.31 bits per heavy atom. The average molecular weight is 219 g/mol. The minimum absolute atomic E-state index is 0.265. The summed E-state index contributed by atoms with van der Waals surface area (Å²) in [6.07, 6.45) is 3.73. The molecule has 1 amide bonds. The van der Waals surface area contributed by atoms with Gasteiger partial charge >= 0.3 is 0 Å². The van der Waals surface area contributed by atoms with Crippen molar-refractivity contribution < 1.29 is 10.0 Å². The van der Waals surface area contributed by atoms with Crippen LogP contribution in [0.3, 0.4) is 0 Å². The van der Waals surface area contributed by atoms with E-state index in [0.29, 0.717) is 0 Å². The van der Waals surface area contributed by atoms with Crippen molar-refractivity contribution in [1.29, 1.82) is 0 Å². The van der Waals surface area contributed by atoms with Gasteiger partial charge in [-0.05, 0) is 30.9 Å². The highest BCUT2D eigenvalue weighted by Gasteiger charge is 2.43. The van der Waals surface area contributed by atoms with Crippen molar-refractivity contribution in [3.8, 4) is 0 Å². The van der Waals surface area contributed by atoms with Crippen LogP contribution in [0.1, 0.15) is 36.8 Å². The number of nitrogens with one attached hydrogen (secondary N) is 1. The van der Waals surface area contributed by atoms with Gasteiger partial charge in [0.2, 0.25) is 0 Å². The van der Waals surface area contributed by atoms with Crippen molar-refractivity contribution in [2.24, 2.45) is 0 Å². The quantitative estimate of drug-likeness (QED) is 0.592. The summed E-state index contributed by atoms with van der Waals surface area (Å²) in [6, 6.07) is 7.93. The van der Waals surface area contributed by atoms with Crippen LogP contribution in [0.4, 0.5) is 0 Å². The number of rotatable bonds is 2. The highest BCUT2D eigenvalue weighted by atomic mass is 16.5. The van der Waals surface area contributed by atoms with E-state index in [1.54, 1.807) is 0 Å². The van der Waals surface area contributed by atoms with Gasteiger partial charge in [0.1, 0.15) is 0 Å². The molecule has 0 heterocycles. The van der Waals surface area contributed by atoms with Crippen LogP contribution < -0.4 is 5.48 Å². The monoisotopic (exact) mass is 219 g/mol. The van der Waals surface area contributed by atoms with Gasteiger partial charge in [0.25, 0.3) is 5.91 Å². The van der Waals surface area contributed by atoms with Gasteiger partial charge < -0.3 is 0 Å². The number of amides is 1. The number of carbonyl (C=O) groups is 1. The molecule has 0 aliphatic heterocycles. The third-order valence-corrected chi connectivity index (χ3v) is 3.65. The molecule has 2 N–H and O–H groups in total. The maximum Gasteiger partial charge on any atom is 0.253 e. The van der Waals surface area contributed by atoms with Gasteiger partial charge in [-0.2, -0.15) is 0 Å². The van der Waals surface area contributed by atoms with E-state index in [2.05, 4.69) is 0 Å². The van der Waals surface area contributed by atoms with Gasteiger partial charge in [-0.3, -0.25) is 10.0 Å². The van der Waals surface area contributed by atoms with Gasteiger partial charge in [-0.25, -0.2) is 5.48 Å². The van der Waals surface area contributed by atoms with Crippen molar-refractivity contribution in [2.45, 2.75) is 38.0 Å². The Morgan fingerprint density at radius 3 is 2.50 bits per heavy atom. The maximum atomic E-state index is 11.9. The van der Waals surface area contributed by atoms with Crippen molar-refractivity contribution >= 4 is 5.91 Å². The van der Waals surface area contributed by atoms with Gasteiger partial charge in [-0.1, -0.05) is 37.1 Å². The molecular weight excluding hydrogens is 202 g/mol. The van der Waals surface area contributed by atoms with E-state index in [1.165, 1.54) is 0 Å². The van der Waals surface area contributed by atoms with E-state index in [9.17, 15) is 4.79 Å². The molecule has 1 saturated carbocycles. The van der Waals surface area contributed by atoms with E-state index >= 15 is 0 Å². The van der Waals surface area contributed by atoms with E-state index < -0.39 is 5.41 Å². The summed E-state index contributed by atoms with van der Waals surface area (Å²) in [5, 5.41) is 8.91. The zero-order valence-electron chi connectivity index (χ0n) is 9.49. The van der Waals surface area contributed by atoms with Gasteiger partial charge in [0.15, 0.2) is 0 Å². The van der Waals surface area contributed by atoms with Crippen LogP contribution in [0.25, 0.3) is 0 Å². The summed E-state index contributed by atoms with van der Waals surface area (Å²) in [7, 11) is 0. The highest BCUT2D eigenvalue weighted by molar-refractivity contribution is 5.88. The number of carbonyl (C=O) groups excluding carboxylic acids is 1. The Morgan fingerprint density at radius 2 is 1.94 bits per heavy atom. The molecule has 16 heavy (non-hydrogen) atoms. The molecule has 3 heteroatoms. The van der Waals surface area contributed by atoms with Gasteiger partial charge in [-0.15, -0.1) is 0 Å². The van der Waals surface area contributed by atoms with Crippen LogP contribution in [0, 0.1) is 6.92 Å². The second-order valence-electron chi connectivity index (χ2n) is 4.55. The zero-order chi connectivity index (χ0) is 11.6. The smallest absolute Gasteiger partial charge is 0.253 e. The van der Waals surface area contributed by atoms with Crippen molar-refractivity contribution in [2.75, 3.05) is 0 Å². The molecule has 0 radical (unpaired) electrons. The molecule has 3 nitrogen and oxygen atoms in total. The molecule has 0 atom stereocenters. The van der Waals surface area contributed by atoms with Crippen LogP contribution >= 0.6 is 0 Å². The molecule has 0 saturated heterocycles. The van der Waals surface area contributed by atoms with Crippen LogP contribution in [0.15, 0.2) is 24.3 Å². The van der Waals surface area contributed by atoms with E-state index in [4.69, 9.17) is 5.21 Å². The molecule has 1 fully saturated rings. The van der Waals surface area contributed by atoms with E-state index in [-0.39, 0.29) is 5.91 Å². The first kappa shape index (κ1) is 11.1. The minimum Gasteiger partial charge on any atom is -0.289 e. The normalized spacial score (nSPS) is 18.4. The summed E-state index contributed by atoms with van der Waals surface area (Å²) < 4.78 is 0. The standard InChI is InChI=1S/C13H17NO2/c1-10-6-2-3-7-11(10)13(12(15)14-16)8-4-5-9-13/h2-3,6-7,16H,4-5,8-9H2,1H3,(H,14,15). The van der Waals surface area contributed by atoms with Crippen molar-refractivity contribution in [3.63, 3.8) is 0 Å². The summed E-state index contributed by atoms with van der Waals surface area (Å²) in [6.45, 7) is 2.01. The Balaban J connectivity index is 2.48. The second-order valence-corrected chi connectivity index (χ2v) is 4.55. The predicted octanol–water partition coefficient (Wildman–Crippen LogP) is 2.31. The van der Waals surface area contributed by atoms with E-state index in [1.807, 2.05) is 36.7 Å². The lowest BCUT2D eigenvalue weighted by Gasteiger charge is -2.28. The van der Waals surface area contributed by atoms with Crippen LogP contribution in [0.2, 0.25) is 0 Å². The number of hydrogen-bond donors (Lipinski definition) is 2. The average Bonchev–Trinajstić information content (AvgIpc) is 2.79. The van der Waals surface area contributed by atoms with Crippen LogP contribution in [-0.2, 0) is 10.2 Å².